The van der Waals surface area contributed by atoms with Crippen LogP contribution in [0.4, 0.5) is 10.1 Å². The zero-order valence-electron chi connectivity index (χ0n) is 13.7. The molecule has 0 bridgehead atoms. The second-order valence-electron chi connectivity index (χ2n) is 5.44. The molecule has 0 atom stereocenters. The van der Waals surface area contributed by atoms with E-state index in [1.54, 1.807) is 18.2 Å². The second kappa shape index (κ2) is 7.48. The molecule has 0 aliphatic rings. The third-order valence-electron chi connectivity index (χ3n) is 3.72. The van der Waals surface area contributed by atoms with Gasteiger partial charge in [-0.05, 0) is 43.2 Å². The van der Waals surface area contributed by atoms with Crippen molar-refractivity contribution in [1.29, 1.82) is 0 Å². The van der Waals surface area contributed by atoms with Crippen LogP contribution in [-0.2, 0) is 4.79 Å². The number of rotatable bonds is 5. The summed E-state index contributed by atoms with van der Waals surface area (Å²) in [5, 5.41) is 10.7. The number of hydrogen-bond donors (Lipinski definition) is 1. The van der Waals surface area contributed by atoms with Crippen molar-refractivity contribution in [2.45, 2.75) is 19.1 Å². The van der Waals surface area contributed by atoms with Crippen LogP contribution < -0.4 is 5.32 Å². The van der Waals surface area contributed by atoms with Crippen molar-refractivity contribution in [3.8, 4) is 11.5 Å². The van der Waals surface area contributed by atoms with Gasteiger partial charge in [0, 0.05) is 5.69 Å². The van der Waals surface area contributed by atoms with Gasteiger partial charge in [-0.15, -0.1) is 10.2 Å². The van der Waals surface area contributed by atoms with Crippen molar-refractivity contribution >= 4 is 23.4 Å². The Kier molecular flexibility index (Phi) is 5.14. The lowest BCUT2D eigenvalue weighted by molar-refractivity contribution is -0.113. The Morgan fingerprint density at radius 2 is 1.96 bits per heavy atom. The fourth-order valence-corrected chi connectivity index (χ4v) is 2.77. The lowest BCUT2D eigenvalue weighted by Crippen LogP contribution is -2.15. The van der Waals surface area contributed by atoms with Gasteiger partial charge >= 0.3 is 0 Å². The lowest BCUT2D eigenvalue weighted by Gasteiger charge is -2.09. The SMILES string of the molecule is Cc1cccc(NC(=O)CSc2nnc(-c3ccccc3F)o2)c1C. The predicted molar refractivity (Wildman–Crippen MR) is 95.0 cm³/mol. The Labute approximate surface area is 148 Å². The van der Waals surface area contributed by atoms with E-state index in [0.717, 1.165) is 28.6 Å². The third-order valence-corrected chi connectivity index (χ3v) is 4.53. The van der Waals surface area contributed by atoms with E-state index in [1.807, 2.05) is 32.0 Å². The van der Waals surface area contributed by atoms with E-state index in [1.165, 1.54) is 6.07 Å². The summed E-state index contributed by atoms with van der Waals surface area (Å²) >= 11 is 1.10. The molecule has 1 N–H and O–H groups in total. The molecule has 0 spiro atoms. The number of carbonyl (C=O) groups is 1. The van der Waals surface area contributed by atoms with Crippen LogP contribution in [0.15, 0.2) is 52.1 Å². The van der Waals surface area contributed by atoms with Gasteiger partial charge in [-0.2, -0.15) is 0 Å². The first-order valence-electron chi connectivity index (χ1n) is 7.62. The topological polar surface area (TPSA) is 68.0 Å². The molecule has 0 unspecified atom stereocenters. The number of hydrogen-bond acceptors (Lipinski definition) is 5. The van der Waals surface area contributed by atoms with Crippen LogP contribution in [0.25, 0.3) is 11.5 Å². The second-order valence-corrected chi connectivity index (χ2v) is 6.36. The average molecular weight is 357 g/mol. The number of carbonyl (C=O) groups excluding carboxylic acids is 1. The minimum atomic E-state index is -0.435. The van der Waals surface area contributed by atoms with Gasteiger partial charge in [-0.1, -0.05) is 36.0 Å². The molecule has 25 heavy (non-hydrogen) atoms. The molecule has 0 saturated heterocycles. The first-order chi connectivity index (χ1) is 12.0. The van der Waals surface area contributed by atoms with Gasteiger partial charge in [0.1, 0.15) is 5.82 Å². The van der Waals surface area contributed by atoms with Crippen LogP contribution in [0.3, 0.4) is 0 Å². The Hall–Kier alpha value is -2.67. The van der Waals surface area contributed by atoms with E-state index in [4.69, 9.17) is 4.42 Å². The minimum Gasteiger partial charge on any atom is -0.411 e. The Balaban J connectivity index is 1.62. The van der Waals surface area contributed by atoms with Crippen LogP contribution in [0.2, 0.25) is 0 Å². The van der Waals surface area contributed by atoms with E-state index in [2.05, 4.69) is 15.5 Å². The molecule has 5 nitrogen and oxygen atoms in total. The molecule has 3 aromatic rings. The molecular weight excluding hydrogens is 341 g/mol. The van der Waals surface area contributed by atoms with Gasteiger partial charge in [0.15, 0.2) is 0 Å². The molecule has 7 heteroatoms. The quantitative estimate of drug-likeness (QED) is 0.692. The molecule has 0 aliphatic carbocycles. The Bertz CT molecular complexity index is 911. The number of benzene rings is 2. The van der Waals surface area contributed by atoms with Gasteiger partial charge in [0.05, 0.1) is 11.3 Å². The third kappa shape index (κ3) is 4.06. The van der Waals surface area contributed by atoms with Crippen LogP contribution in [0.1, 0.15) is 11.1 Å². The van der Waals surface area contributed by atoms with Crippen LogP contribution in [-0.4, -0.2) is 21.9 Å². The monoisotopic (exact) mass is 357 g/mol. The number of halogens is 1. The number of nitrogens with one attached hydrogen (secondary N) is 1. The van der Waals surface area contributed by atoms with Crippen molar-refractivity contribution in [2.24, 2.45) is 0 Å². The van der Waals surface area contributed by atoms with E-state index in [9.17, 15) is 9.18 Å². The molecule has 1 amide bonds. The minimum absolute atomic E-state index is 0.0931. The summed E-state index contributed by atoms with van der Waals surface area (Å²) < 4.78 is 19.1. The summed E-state index contributed by atoms with van der Waals surface area (Å²) in [6.07, 6.45) is 0. The van der Waals surface area contributed by atoms with Gasteiger partial charge in [0.25, 0.3) is 11.1 Å². The number of anilines is 1. The Morgan fingerprint density at radius 1 is 1.16 bits per heavy atom. The van der Waals surface area contributed by atoms with Crippen LogP contribution >= 0.6 is 11.8 Å². The number of aryl methyl sites for hydroxylation is 1. The molecular formula is C18H16FN3O2S. The summed E-state index contributed by atoms with van der Waals surface area (Å²) in [6, 6.07) is 11.9. The van der Waals surface area contributed by atoms with E-state index >= 15 is 0 Å². The highest BCUT2D eigenvalue weighted by molar-refractivity contribution is 7.99. The van der Waals surface area contributed by atoms with Gasteiger partial charge in [-0.3, -0.25) is 4.79 Å². The van der Waals surface area contributed by atoms with Crippen LogP contribution in [0, 0.1) is 19.7 Å². The molecule has 1 heterocycles. The Morgan fingerprint density at radius 3 is 2.76 bits per heavy atom. The molecule has 0 aliphatic heterocycles. The summed E-state index contributed by atoms with van der Waals surface area (Å²) in [6.45, 7) is 3.94. The van der Waals surface area contributed by atoms with Gasteiger partial charge < -0.3 is 9.73 Å². The highest BCUT2D eigenvalue weighted by atomic mass is 32.2. The molecule has 0 saturated carbocycles. The zero-order chi connectivity index (χ0) is 17.8. The normalized spacial score (nSPS) is 10.7. The number of amides is 1. The van der Waals surface area contributed by atoms with E-state index in [0.29, 0.717) is 0 Å². The maximum atomic E-state index is 13.7. The summed E-state index contributed by atoms with van der Waals surface area (Å²) in [4.78, 5) is 12.1. The van der Waals surface area contributed by atoms with E-state index in [-0.39, 0.29) is 28.3 Å². The maximum Gasteiger partial charge on any atom is 0.277 e. The van der Waals surface area contributed by atoms with Crippen molar-refractivity contribution < 1.29 is 13.6 Å². The maximum absolute atomic E-state index is 13.7. The molecule has 0 radical (unpaired) electrons. The zero-order valence-corrected chi connectivity index (χ0v) is 14.6. The van der Waals surface area contributed by atoms with Gasteiger partial charge in [-0.25, -0.2) is 4.39 Å². The fraction of sp³-hybridized carbons (Fsp3) is 0.167. The first-order valence-corrected chi connectivity index (χ1v) is 8.60. The highest BCUT2D eigenvalue weighted by Crippen LogP contribution is 2.25. The van der Waals surface area contributed by atoms with Crippen molar-refractivity contribution in [3.05, 3.63) is 59.4 Å². The molecule has 128 valence electrons. The smallest absolute Gasteiger partial charge is 0.277 e. The molecule has 0 fully saturated rings. The number of aromatic nitrogens is 2. The average Bonchev–Trinajstić information content (AvgIpc) is 3.06. The summed E-state index contributed by atoms with van der Waals surface area (Å²) in [5.41, 5.74) is 3.15. The first kappa shape index (κ1) is 17.2. The standard InChI is InChI=1S/C18H16FN3O2S/c1-11-6-5-9-15(12(11)2)20-16(23)10-25-18-22-21-17(24-18)13-7-3-4-8-14(13)19/h3-9H,10H2,1-2H3,(H,20,23). The number of thioether (sulfide) groups is 1. The number of nitrogens with zero attached hydrogens (tertiary/aromatic N) is 2. The van der Waals surface area contributed by atoms with Gasteiger partial charge in [0.2, 0.25) is 5.91 Å². The molecule has 3 rings (SSSR count). The highest BCUT2D eigenvalue weighted by Gasteiger charge is 2.14. The molecule has 2 aromatic carbocycles. The van der Waals surface area contributed by atoms with Crippen molar-refractivity contribution in [2.75, 3.05) is 11.1 Å². The van der Waals surface area contributed by atoms with Crippen molar-refractivity contribution in [3.63, 3.8) is 0 Å². The lowest BCUT2D eigenvalue weighted by atomic mass is 10.1. The largest absolute Gasteiger partial charge is 0.411 e. The molecule has 1 aromatic heterocycles. The fourth-order valence-electron chi connectivity index (χ4n) is 2.21. The summed E-state index contributed by atoms with van der Waals surface area (Å²) in [7, 11) is 0. The van der Waals surface area contributed by atoms with Crippen molar-refractivity contribution in [1.82, 2.24) is 10.2 Å². The summed E-state index contributed by atoms with van der Waals surface area (Å²) in [5.74, 6) is -0.401. The van der Waals surface area contributed by atoms with Crippen LogP contribution in [0.5, 0.6) is 0 Å². The van der Waals surface area contributed by atoms with E-state index < -0.39 is 5.82 Å². The predicted octanol–water partition coefficient (Wildman–Crippen LogP) is 4.22.